The largest absolute Gasteiger partial charge is 2.00 e. The van der Waals surface area contributed by atoms with Gasteiger partial charge in [0.25, 0.3) is 0 Å². The van der Waals surface area contributed by atoms with Gasteiger partial charge in [-0.25, -0.2) is 0 Å². The van der Waals surface area contributed by atoms with E-state index in [2.05, 4.69) is 0 Å². The van der Waals surface area contributed by atoms with Crippen molar-refractivity contribution in [1.82, 2.24) is 0 Å². The zero-order chi connectivity index (χ0) is 4.50. The molecule has 0 amide bonds. The van der Waals surface area contributed by atoms with E-state index in [0.717, 1.165) is 0 Å². The summed E-state index contributed by atoms with van der Waals surface area (Å²) in [5.74, 6) is 0. The summed E-state index contributed by atoms with van der Waals surface area (Å²) in [6, 6.07) is 0. The van der Waals surface area contributed by atoms with E-state index in [4.69, 9.17) is 17.5 Å². The molecule has 0 bridgehead atoms. The van der Waals surface area contributed by atoms with E-state index in [9.17, 15) is 0 Å². The fourth-order valence-corrected chi connectivity index (χ4v) is 0. The first kappa shape index (κ1) is 15.7. The minimum absolute atomic E-state index is 0. The summed E-state index contributed by atoms with van der Waals surface area (Å²) < 4.78 is 31.6. The van der Waals surface area contributed by atoms with Gasteiger partial charge in [-0.05, 0) is 0 Å². The molecule has 0 aromatic carbocycles. The van der Waals surface area contributed by atoms with Gasteiger partial charge in [0.05, 0.1) is 0 Å². The molecule has 0 aromatic rings. The molecule has 0 saturated carbocycles. The van der Waals surface area contributed by atoms with Gasteiger partial charge in [0.1, 0.15) is 0 Å². The quantitative estimate of drug-likeness (QED) is 0.342. The maximum atomic E-state index is 8.74. The summed E-state index contributed by atoms with van der Waals surface area (Å²) in [6.45, 7) is 0. The molecule has 0 unspecified atom stereocenters. The minimum Gasteiger partial charge on any atom is -0.412 e. The third-order valence-corrected chi connectivity index (χ3v) is 0. The molecule has 0 fully saturated rings. The van der Waals surface area contributed by atoms with Gasteiger partial charge in [-0.3, -0.25) is 9.11 Å². The molecular weight excluding hydrogens is 167 g/mol. The molecule has 0 aliphatic rings. The zero-order valence-electron chi connectivity index (χ0n) is 3.00. The molecule has 0 aliphatic carbocycles. The van der Waals surface area contributed by atoms with Crippen LogP contribution >= 0.6 is 0 Å². The summed E-state index contributed by atoms with van der Waals surface area (Å²) in [5, 5.41) is 0. The van der Waals surface area contributed by atoms with E-state index in [1.54, 1.807) is 0 Å². The van der Waals surface area contributed by atoms with Gasteiger partial charge in [0, 0.05) is 0 Å². The van der Waals surface area contributed by atoms with E-state index in [1.807, 2.05) is 0 Å². The van der Waals surface area contributed by atoms with Crippen LogP contribution in [-0.4, -0.2) is 23.0 Å². The normalized spacial score (nSPS) is 8.29. The van der Waals surface area contributed by atoms with Crippen molar-refractivity contribution >= 4 is 10.4 Å². The second kappa shape index (κ2) is 4.51. The van der Waals surface area contributed by atoms with E-state index in [0.29, 0.717) is 0 Å². The van der Waals surface area contributed by atoms with Gasteiger partial charge in [-0.2, -0.15) is 8.42 Å². The molecule has 0 saturated heterocycles. The number of rotatable bonds is 0. The Morgan fingerprint density at radius 2 is 1.14 bits per heavy atom. The smallest absolute Gasteiger partial charge is 0.412 e. The van der Waals surface area contributed by atoms with Gasteiger partial charge >= 0.3 is 27.5 Å². The van der Waals surface area contributed by atoms with Crippen molar-refractivity contribution in [2.24, 2.45) is 0 Å². The molecule has 0 rings (SSSR count). The van der Waals surface area contributed by atoms with E-state index < -0.39 is 10.4 Å². The molecule has 4 N–H and O–H groups in total. The third-order valence-electron chi connectivity index (χ3n) is 0. The standard InChI is InChI=1S/Mn.H2O4S.H2O/c;1-5(2,3)4;/h;(H2,1,2,3,4);1H2/q+2;;. The van der Waals surface area contributed by atoms with Gasteiger partial charge in [-0.15, -0.1) is 0 Å². The Labute approximate surface area is 51.1 Å². The zero-order valence-corrected chi connectivity index (χ0v) is 4.99. The Balaban J connectivity index is -0.0000000800. The van der Waals surface area contributed by atoms with Crippen molar-refractivity contribution < 1.29 is 40.1 Å². The molecule has 0 atom stereocenters. The molecule has 0 heterocycles. The van der Waals surface area contributed by atoms with E-state index in [-0.39, 0.29) is 22.5 Å². The summed E-state index contributed by atoms with van der Waals surface area (Å²) >= 11 is 0. The van der Waals surface area contributed by atoms with E-state index in [1.165, 1.54) is 0 Å². The summed E-state index contributed by atoms with van der Waals surface area (Å²) in [5.41, 5.74) is 0. The van der Waals surface area contributed by atoms with Crippen LogP contribution in [0.15, 0.2) is 0 Å². The van der Waals surface area contributed by atoms with Crippen LogP contribution in [0.3, 0.4) is 0 Å². The first-order valence-corrected chi connectivity index (χ1v) is 2.10. The van der Waals surface area contributed by atoms with Crippen LogP contribution in [0.1, 0.15) is 0 Å². The van der Waals surface area contributed by atoms with Gasteiger partial charge in [0.2, 0.25) is 0 Å². The molecule has 7 heteroatoms. The molecule has 0 spiro atoms. The van der Waals surface area contributed by atoms with Crippen molar-refractivity contribution in [2.75, 3.05) is 0 Å². The maximum Gasteiger partial charge on any atom is 2.00 e. The van der Waals surface area contributed by atoms with Crippen LogP contribution in [0.25, 0.3) is 0 Å². The van der Waals surface area contributed by atoms with Gasteiger partial charge in [0.15, 0.2) is 0 Å². The van der Waals surface area contributed by atoms with Gasteiger partial charge in [-0.1, -0.05) is 0 Å². The predicted octanol–water partition coefficient (Wildman–Crippen LogP) is -1.48. The van der Waals surface area contributed by atoms with Crippen LogP contribution in [0.4, 0.5) is 0 Å². The maximum absolute atomic E-state index is 8.74. The fraction of sp³-hybridized carbons (Fsp3) is 0. The fourth-order valence-electron chi connectivity index (χ4n) is 0. The second-order valence-corrected chi connectivity index (χ2v) is 1.34. The number of hydrogen-bond donors (Lipinski definition) is 2. The Kier molecular flexibility index (Phi) is 10.1. The summed E-state index contributed by atoms with van der Waals surface area (Å²) in [6.07, 6.45) is 0. The Morgan fingerprint density at radius 1 is 1.14 bits per heavy atom. The molecule has 1 radical (unpaired) electrons. The molecular formula is H4MnO5S+2. The van der Waals surface area contributed by atoms with Crippen molar-refractivity contribution in [3.8, 4) is 0 Å². The summed E-state index contributed by atoms with van der Waals surface area (Å²) in [4.78, 5) is 0. The average molecular weight is 171 g/mol. The third kappa shape index (κ3) is 983. The minimum atomic E-state index is -4.67. The average Bonchev–Trinajstić information content (AvgIpc) is 0.722. The Hall–Kier alpha value is 0.349. The van der Waals surface area contributed by atoms with Crippen LogP contribution in [-0.2, 0) is 27.5 Å². The number of hydrogen-bond acceptors (Lipinski definition) is 2. The first-order chi connectivity index (χ1) is 2.00. The Morgan fingerprint density at radius 3 is 1.14 bits per heavy atom. The van der Waals surface area contributed by atoms with Crippen molar-refractivity contribution in [3.63, 3.8) is 0 Å². The Bertz CT molecular complexity index is 91.2. The first-order valence-electron chi connectivity index (χ1n) is 0.698. The van der Waals surface area contributed by atoms with Crippen LogP contribution in [0.5, 0.6) is 0 Å². The summed E-state index contributed by atoms with van der Waals surface area (Å²) in [7, 11) is -4.67. The second-order valence-electron chi connectivity index (χ2n) is 0.448. The molecule has 0 aliphatic heterocycles. The molecule has 0 aromatic heterocycles. The molecule has 5 nitrogen and oxygen atoms in total. The monoisotopic (exact) mass is 171 g/mol. The van der Waals surface area contributed by atoms with Crippen LogP contribution in [0.2, 0.25) is 0 Å². The van der Waals surface area contributed by atoms with Crippen molar-refractivity contribution in [1.29, 1.82) is 0 Å². The van der Waals surface area contributed by atoms with Crippen LogP contribution in [0, 0.1) is 0 Å². The van der Waals surface area contributed by atoms with Crippen molar-refractivity contribution in [3.05, 3.63) is 0 Å². The molecule has 7 heavy (non-hydrogen) atoms. The van der Waals surface area contributed by atoms with E-state index >= 15 is 0 Å². The predicted molar refractivity (Wildman–Crippen MR) is 17.8 cm³/mol. The SMILES string of the molecule is O.O=S(=O)(O)O.[Mn+2]. The van der Waals surface area contributed by atoms with Crippen LogP contribution < -0.4 is 0 Å². The topological polar surface area (TPSA) is 106 Å². The molecule has 45 valence electrons. The van der Waals surface area contributed by atoms with Crippen molar-refractivity contribution in [2.45, 2.75) is 0 Å². The van der Waals surface area contributed by atoms with Gasteiger partial charge < -0.3 is 5.48 Å².